The first kappa shape index (κ1) is 42.5. The molecule has 0 amide bonds. The van der Waals surface area contributed by atoms with Crippen molar-refractivity contribution >= 4 is 12.1 Å². The number of esters is 1. The summed E-state index contributed by atoms with van der Waals surface area (Å²) < 4.78 is 16.2. The Kier molecular flexibility index (Phi) is 25.3. The summed E-state index contributed by atoms with van der Waals surface area (Å²) in [6, 6.07) is 0. The summed E-state index contributed by atoms with van der Waals surface area (Å²) >= 11 is 0. The van der Waals surface area contributed by atoms with Gasteiger partial charge in [-0.05, 0) is 40.5 Å². The van der Waals surface area contributed by atoms with E-state index in [1.807, 2.05) is 20.8 Å². The highest BCUT2D eigenvalue weighted by Crippen LogP contribution is 2.35. The zero-order chi connectivity index (χ0) is 33.8. The average Bonchev–Trinajstić information content (AvgIpc) is 3.03. The molecule has 0 saturated heterocycles. The maximum Gasteiger partial charge on any atom is 0.508 e. The van der Waals surface area contributed by atoms with Gasteiger partial charge in [0, 0.05) is 11.0 Å². The Morgan fingerprint density at radius 2 is 0.761 bits per heavy atom. The highest BCUT2D eigenvalue weighted by molar-refractivity contribution is 5.86. The molecule has 0 N–H and O–H groups in total. The molecule has 3 aliphatic rings. The molecule has 270 valence electrons. The summed E-state index contributed by atoms with van der Waals surface area (Å²) in [6.45, 7) is 11.2. The summed E-state index contributed by atoms with van der Waals surface area (Å²) in [6.07, 6.45) is 39.2. The number of carbonyl (C=O) groups is 2. The van der Waals surface area contributed by atoms with Crippen LogP contribution in [0.5, 0.6) is 0 Å². The molecule has 0 aromatic heterocycles. The zero-order valence-corrected chi connectivity index (χ0v) is 31.2. The van der Waals surface area contributed by atoms with E-state index >= 15 is 0 Å². The summed E-state index contributed by atoms with van der Waals surface area (Å²) in [4.78, 5) is 23.9. The van der Waals surface area contributed by atoms with E-state index < -0.39 is 17.7 Å². The van der Waals surface area contributed by atoms with Crippen molar-refractivity contribution in [1.29, 1.82) is 0 Å². The summed E-state index contributed by atoms with van der Waals surface area (Å²) in [5.74, 6) is -0.390. The highest BCUT2D eigenvalue weighted by atomic mass is 16.7. The normalized spacial score (nSPS) is 20.9. The van der Waals surface area contributed by atoms with Gasteiger partial charge in [-0.25, -0.2) is 9.59 Å². The Hall–Kier alpha value is -1.52. The minimum Gasteiger partial charge on any atom is -0.462 e. The molecule has 0 spiro atoms. The third-order valence-corrected chi connectivity index (χ3v) is 9.66. The quantitative estimate of drug-likeness (QED) is 0.219. The lowest BCUT2D eigenvalue weighted by molar-refractivity contribution is -0.144. The van der Waals surface area contributed by atoms with E-state index in [9.17, 15) is 9.59 Å². The van der Waals surface area contributed by atoms with Crippen molar-refractivity contribution < 1.29 is 23.8 Å². The zero-order valence-electron chi connectivity index (χ0n) is 31.2. The fourth-order valence-corrected chi connectivity index (χ4v) is 6.71. The lowest BCUT2D eigenvalue weighted by Gasteiger charge is -2.34. The predicted molar refractivity (Wildman–Crippen MR) is 194 cm³/mol. The first-order valence-electron chi connectivity index (χ1n) is 19.8. The first-order chi connectivity index (χ1) is 22.1. The third-order valence-electron chi connectivity index (χ3n) is 9.66. The van der Waals surface area contributed by atoms with E-state index in [0.29, 0.717) is 5.57 Å². The van der Waals surface area contributed by atoms with E-state index in [1.165, 1.54) is 148 Å². The topological polar surface area (TPSA) is 61.8 Å². The van der Waals surface area contributed by atoms with Gasteiger partial charge in [-0.15, -0.1) is 0 Å². The number of rotatable bonds is 5. The standard InChI is InChI=1S/C21H36O5.2C10H20/c1-17(2)18(22)24-15-21(16-25-19(23)26-20(3,4)5)13-11-9-7-6-8-10-12-14-21;2*1-2-4-6-8-10-9-7-5-3-1/h1,6-16H2,2-5H3;2*1-10H2. The van der Waals surface area contributed by atoms with Crippen molar-refractivity contribution in [2.24, 2.45) is 5.41 Å². The molecule has 46 heavy (non-hydrogen) atoms. The Morgan fingerprint density at radius 1 is 0.500 bits per heavy atom. The predicted octanol–water partition coefficient (Wildman–Crippen LogP) is 13.4. The van der Waals surface area contributed by atoms with Crippen LogP contribution >= 0.6 is 0 Å². The van der Waals surface area contributed by atoms with Crippen LogP contribution in [0.3, 0.4) is 0 Å². The summed E-state index contributed by atoms with van der Waals surface area (Å²) in [5.41, 5.74) is -0.556. The molecule has 0 radical (unpaired) electrons. The maximum atomic E-state index is 12.0. The van der Waals surface area contributed by atoms with Gasteiger partial charge in [0.05, 0.1) is 0 Å². The number of hydrogen-bond donors (Lipinski definition) is 0. The molecule has 3 saturated carbocycles. The van der Waals surface area contributed by atoms with E-state index in [0.717, 1.165) is 38.5 Å². The van der Waals surface area contributed by atoms with Gasteiger partial charge in [0.2, 0.25) is 0 Å². The minimum atomic E-state index is -0.666. The molecular weight excluding hydrogens is 572 g/mol. The van der Waals surface area contributed by atoms with Crippen molar-refractivity contribution in [1.82, 2.24) is 0 Å². The van der Waals surface area contributed by atoms with E-state index in [2.05, 4.69) is 6.58 Å². The van der Waals surface area contributed by atoms with Crippen molar-refractivity contribution in [3.8, 4) is 0 Å². The van der Waals surface area contributed by atoms with Crippen LogP contribution in [0.25, 0.3) is 0 Å². The van der Waals surface area contributed by atoms with Crippen LogP contribution < -0.4 is 0 Å². The molecule has 3 fully saturated rings. The molecule has 0 bridgehead atoms. The van der Waals surface area contributed by atoms with Gasteiger partial charge in [0.15, 0.2) is 0 Å². The Balaban J connectivity index is 0.000000427. The smallest absolute Gasteiger partial charge is 0.462 e. The van der Waals surface area contributed by atoms with Gasteiger partial charge in [-0.2, -0.15) is 0 Å². The molecular formula is C41H76O5. The lowest BCUT2D eigenvalue weighted by Crippen LogP contribution is -2.36. The number of ether oxygens (including phenoxy) is 3. The third kappa shape index (κ3) is 25.6. The summed E-state index contributed by atoms with van der Waals surface area (Å²) in [5, 5.41) is 0. The van der Waals surface area contributed by atoms with Gasteiger partial charge in [0.1, 0.15) is 18.8 Å². The minimum absolute atomic E-state index is 0.214. The van der Waals surface area contributed by atoms with Crippen LogP contribution in [0.15, 0.2) is 12.2 Å². The second-order valence-corrected chi connectivity index (χ2v) is 15.7. The van der Waals surface area contributed by atoms with Crippen LogP contribution in [0.1, 0.15) is 214 Å². The Labute approximate surface area is 285 Å². The van der Waals surface area contributed by atoms with Crippen molar-refractivity contribution in [3.63, 3.8) is 0 Å². The van der Waals surface area contributed by atoms with Crippen molar-refractivity contribution in [2.75, 3.05) is 13.2 Å². The SMILES string of the molecule is C1CCCCCCCCC1.C1CCCCCCCCC1.C=C(C)C(=O)OCC1(COC(=O)OC(C)(C)C)CCCCCCCCC1. The number of hydrogen-bond acceptors (Lipinski definition) is 5. The monoisotopic (exact) mass is 649 g/mol. The van der Waals surface area contributed by atoms with Gasteiger partial charge in [-0.1, -0.05) is 180 Å². The molecule has 3 aliphatic carbocycles. The van der Waals surface area contributed by atoms with Crippen molar-refractivity contribution in [3.05, 3.63) is 12.2 Å². The lowest BCUT2D eigenvalue weighted by atomic mass is 9.78. The average molecular weight is 649 g/mol. The van der Waals surface area contributed by atoms with E-state index in [1.54, 1.807) is 6.92 Å². The molecule has 0 aliphatic heterocycles. The van der Waals surface area contributed by atoms with Crippen LogP contribution in [-0.4, -0.2) is 30.9 Å². The van der Waals surface area contributed by atoms with Crippen LogP contribution in [0, 0.1) is 5.41 Å². The van der Waals surface area contributed by atoms with E-state index in [-0.39, 0.29) is 18.6 Å². The van der Waals surface area contributed by atoms with E-state index in [4.69, 9.17) is 14.2 Å². The van der Waals surface area contributed by atoms with Gasteiger partial charge in [0.25, 0.3) is 0 Å². The van der Waals surface area contributed by atoms with Crippen LogP contribution in [0.2, 0.25) is 0 Å². The molecule has 0 aromatic rings. The van der Waals surface area contributed by atoms with Gasteiger partial charge < -0.3 is 14.2 Å². The molecule has 0 aromatic carbocycles. The highest BCUT2D eigenvalue weighted by Gasteiger charge is 2.34. The molecule has 5 heteroatoms. The molecule has 5 nitrogen and oxygen atoms in total. The maximum absolute atomic E-state index is 12.0. The fraction of sp³-hybridized carbons (Fsp3) is 0.902. The fourth-order valence-electron chi connectivity index (χ4n) is 6.71. The Morgan fingerprint density at radius 3 is 1.02 bits per heavy atom. The second kappa shape index (κ2) is 27.4. The van der Waals surface area contributed by atoms with Crippen molar-refractivity contribution in [2.45, 2.75) is 219 Å². The molecule has 0 atom stereocenters. The molecule has 3 rings (SSSR count). The summed E-state index contributed by atoms with van der Waals surface area (Å²) in [7, 11) is 0. The number of carbonyl (C=O) groups excluding carboxylic acids is 2. The largest absolute Gasteiger partial charge is 0.508 e. The Bertz CT molecular complexity index is 671. The van der Waals surface area contributed by atoms with Gasteiger partial charge >= 0.3 is 12.1 Å². The van der Waals surface area contributed by atoms with Crippen LogP contribution in [0.4, 0.5) is 4.79 Å². The van der Waals surface area contributed by atoms with Crippen LogP contribution in [-0.2, 0) is 19.0 Å². The second-order valence-electron chi connectivity index (χ2n) is 15.7. The molecule has 0 unspecified atom stereocenters. The first-order valence-corrected chi connectivity index (χ1v) is 19.8. The molecule has 0 heterocycles. The van der Waals surface area contributed by atoms with Gasteiger partial charge in [-0.3, -0.25) is 0 Å².